The second kappa shape index (κ2) is 6.92. The number of anilines is 2. The number of halogens is 3. The van der Waals surface area contributed by atoms with Gasteiger partial charge in [-0.2, -0.15) is 18.2 Å². The lowest BCUT2D eigenvalue weighted by molar-refractivity contribution is -0.141. The van der Waals surface area contributed by atoms with Crippen molar-refractivity contribution in [2.24, 2.45) is 0 Å². The minimum Gasteiger partial charge on any atom is -0.361 e. The average molecular weight is 291 g/mol. The van der Waals surface area contributed by atoms with Gasteiger partial charge in [0.1, 0.15) is 5.82 Å². The van der Waals surface area contributed by atoms with Crippen LogP contribution in [0.2, 0.25) is 0 Å². The summed E-state index contributed by atoms with van der Waals surface area (Å²) in [7, 11) is 0. The molecule has 0 saturated heterocycles. The number of carbonyl (C=O) groups is 1. The van der Waals surface area contributed by atoms with Gasteiger partial charge in [-0.1, -0.05) is 0 Å². The molecule has 1 heterocycles. The van der Waals surface area contributed by atoms with Crippen LogP contribution in [0.1, 0.15) is 19.5 Å². The highest BCUT2D eigenvalue weighted by molar-refractivity contribution is 5.80. The molecule has 0 atom stereocenters. The summed E-state index contributed by atoms with van der Waals surface area (Å²) in [5.74, 6) is -0.528. The van der Waals surface area contributed by atoms with Gasteiger partial charge in [0.15, 0.2) is 5.69 Å². The third-order valence-electron chi connectivity index (χ3n) is 2.16. The molecule has 1 rings (SSSR count). The van der Waals surface area contributed by atoms with Crippen LogP contribution in [-0.2, 0) is 11.0 Å². The Balaban J connectivity index is 2.89. The minimum absolute atomic E-state index is 0.0606. The highest BCUT2D eigenvalue weighted by atomic mass is 19.4. The van der Waals surface area contributed by atoms with Crippen molar-refractivity contribution in [3.8, 4) is 0 Å². The first-order chi connectivity index (χ1) is 9.36. The summed E-state index contributed by atoms with van der Waals surface area (Å²) in [6.45, 7) is 4.13. The second-order valence-electron chi connectivity index (χ2n) is 3.80. The van der Waals surface area contributed by atoms with Crippen LogP contribution in [0.25, 0.3) is 0 Å². The molecule has 9 heteroatoms. The van der Waals surface area contributed by atoms with Gasteiger partial charge in [-0.25, -0.2) is 4.98 Å². The number of alkyl halides is 3. The number of likely N-dealkylation sites (N-methyl/N-ethyl adjacent to an activating group) is 1. The Hall–Kier alpha value is -2.06. The third-order valence-corrected chi connectivity index (χ3v) is 2.16. The summed E-state index contributed by atoms with van der Waals surface area (Å²) in [5.41, 5.74) is -1.07. The molecule has 0 spiro atoms. The van der Waals surface area contributed by atoms with E-state index in [4.69, 9.17) is 0 Å². The molecule has 0 fully saturated rings. The van der Waals surface area contributed by atoms with Crippen molar-refractivity contribution < 1.29 is 18.0 Å². The lowest BCUT2D eigenvalue weighted by Gasteiger charge is -2.12. The zero-order valence-corrected chi connectivity index (χ0v) is 11.1. The molecule has 1 aromatic heterocycles. The third kappa shape index (κ3) is 4.90. The van der Waals surface area contributed by atoms with E-state index in [0.717, 1.165) is 6.07 Å². The number of nitrogens with zero attached hydrogens (tertiary/aromatic N) is 2. The van der Waals surface area contributed by atoms with E-state index in [9.17, 15) is 18.0 Å². The number of hydrogen-bond acceptors (Lipinski definition) is 5. The standard InChI is InChI=1S/C11H16F3N5O/c1-3-15-9(20)6-17-8-5-7(11(12,13)14)18-10(19-8)16-4-2/h5H,3-4,6H2,1-2H3,(H,15,20)(H2,16,17,18,19). The first-order valence-corrected chi connectivity index (χ1v) is 6.07. The minimum atomic E-state index is -4.57. The Kier molecular flexibility index (Phi) is 5.53. The lowest BCUT2D eigenvalue weighted by Crippen LogP contribution is -2.29. The largest absolute Gasteiger partial charge is 0.433 e. The van der Waals surface area contributed by atoms with Gasteiger partial charge in [0.25, 0.3) is 0 Å². The van der Waals surface area contributed by atoms with Crippen LogP contribution in [0.15, 0.2) is 6.07 Å². The van der Waals surface area contributed by atoms with E-state index < -0.39 is 11.9 Å². The summed E-state index contributed by atoms with van der Waals surface area (Å²) in [4.78, 5) is 18.5. The topological polar surface area (TPSA) is 78.9 Å². The summed E-state index contributed by atoms with van der Waals surface area (Å²) >= 11 is 0. The predicted octanol–water partition coefficient (Wildman–Crippen LogP) is 1.48. The van der Waals surface area contributed by atoms with E-state index in [-0.39, 0.29) is 24.2 Å². The Labute approximate surface area is 114 Å². The lowest BCUT2D eigenvalue weighted by atomic mass is 10.3. The molecule has 0 bridgehead atoms. The molecule has 0 aliphatic heterocycles. The molecule has 0 aromatic carbocycles. The van der Waals surface area contributed by atoms with Gasteiger partial charge in [0.05, 0.1) is 6.54 Å². The van der Waals surface area contributed by atoms with Gasteiger partial charge < -0.3 is 16.0 Å². The number of hydrogen-bond donors (Lipinski definition) is 3. The van der Waals surface area contributed by atoms with Crippen LogP contribution in [0.5, 0.6) is 0 Å². The molecule has 0 radical (unpaired) electrons. The van der Waals surface area contributed by atoms with Crippen molar-refractivity contribution in [2.75, 3.05) is 30.3 Å². The Morgan fingerprint density at radius 3 is 2.45 bits per heavy atom. The number of nitrogens with one attached hydrogen (secondary N) is 3. The summed E-state index contributed by atoms with van der Waals surface area (Å²) < 4.78 is 38.0. The van der Waals surface area contributed by atoms with E-state index in [2.05, 4.69) is 25.9 Å². The zero-order chi connectivity index (χ0) is 15.2. The number of amides is 1. The highest BCUT2D eigenvalue weighted by Gasteiger charge is 2.33. The normalized spacial score (nSPS) is 11.1. The van der Waals surface area contributed by atoms with Crippen molar-refractivity contribution in [3.05, 3.63) is 11.8 Å². The molecule has 0 aliphatic carbocycles. The second-order valence-corrected chi connectivity index (χ2v) is 3.80. The summed E-state index contributed by atoms with van der Waals surface area (Å²) in [6, 6.07) is 0.764. The maximum atomic E-state index is 12.7. The van der Waals surface area contributed by atoms with E-state index in [1.807, 2.05) is 0 Å². The zero-order valence-electron chi connectivity index (χ0n) is 11.1. The number of rotatable bonds is 6. The van der Waals surface area contributed by atoms with Crippen LogP contribution in [-0.4, -0.2) is 35.5 Å². The van der Waals surface area contributed by atoms with Gasteiger partial charge in [-0.15, -0.1) is 0 Å². The quantitative estimate of drug-likeness (QED) is 0.740. The molecule has 112 valence electrons. The first-order valence-electron chi connectivity index (χ1n) is 6.07. The predicted molar refractivity (Wildman–Crippen MR) is 68.4 cm³/mol. The van der Waals surface area contributed by atoms with Crippen LogP contribution >= 0.6 is 0 Å². The summed E-state index contributed by atoms with van der Waals surface area (Å²) in [5, 5.41) is 7.67. The van der Waals surface area contributed by atoms with Crippen molar-refractivity contribution in [1.29, 1.82) is 0 Å². The fourth-order valence-corrected chi connectivity index (χ4v) is 1.35. The number of carbonyl (C=O) groups excluding carboxylic acids is 1. The molecule has 1 aromatic rings. The van der Waals surface area contributed by atoms with Gasteiger partial charge in [-0.05, 0) is 13.8 Å². The molecular formula is C11H16F3N5O. The van der Waals surface area contributed by atoms with E-state index in [1.165, 1.54) is 0 Å². The van der Waals surface area contributed by atoms with Crippen molar-refractivity contribution in [3.63, 3.8) is 0 Å². The summed E-state index contributed by atoms with van der Waals surface area (Å²) in [6.07, 6.45) is -4.57. The molecule has 6 nitrogen and oxygen atoms in total. The maximum absolute atomic E-state index is 12.7. The van der Waals surface area contributed by atoms with E-state index in [0.29, 0.717) is 13.1 Å². The molecule has 0 saturated carbocycles. The van der Waals surface area contributed by atoms with Crippen LogP contribution in [0.3, 0.4) is 0 Å². The Bertz CT molecular complexity index is 464. The molecule has 0 unspecified atom stereocenters. The Morgan fingerprint density at radius 2 is 1.90 bits per heavy atom. The maximum Gasteiger partial charge on any atom is 0.433 e. The van der Waals surface area contributed by atoms with Crippen molar-refractivity contribution in [1.82, 2.24) is 15.3 Å². The van der Waals surface area contributed by atoms with Crippen LogP contribution in [0, 0.1) is 0 Å². The Morgan fingerprint density at radius 1 is 1.20 bits per heavy atom. The fourth-order valence-electron chi connectivity index (χ4n) is 1.35. The highest BCUT2D eigenvalue weighted by Crippen LogP contribution is 2.29. The first kappa shape index (κ1) is 16.0. The molecular weight excluding hydrogens is 275 g/mol. The monoisotopic (exact) mass is 291 g/mol. The van der Waals surface area contributed by atoms with Crippen LogP contribution in [0.4, 0.5) is 24.9 Å². The van der Waals surface area contributed by atoms with Crippen LogP contribution < -0.4 is 16.0 Å². The molecule has 0 aliphatic rings. The number of aromatic nitrogens is 2. The van der Waals surface area contributed by atoms with Gasteiger partial charge >= 0.3 is 6.18 Å². The molecule has 1 amide bonds. The fraction of sp³-hybridized carbons (Fsp3) is 0.545. The SMILES string of the molecule is CCNC(=O)CNc1cc(C(F)(F)F)nc(NCC)n1. The van der Waals surface area contributed by atoms with Crippen molar-refractivity contribution >= 4 is 17.7 Å². The smallest absolute Gasteiger partial charge is 0.361 e. The molecule has 3 N–H and O–H groups in total. The van der Waals surface area contributed by atoms with Gasteiger partial charge in [0.2, 0.25) is 11.9 Å². The van der Waals surface area contributed by atoms with Crippen molar-refractivity contribution in [2.45, 2.75) is 20.0 Å². The molecule has 20 heavy (non-hydrogen) atoms. The average Bonchev–Trinajstić information content (AvgIpc) is 2.36. The van der Waals surface area contributed by atoms with E-state index >= 15 is 0 Å². The van der Waals surface area contributed by atoms with Gasteiger partial charge in [0, 0.05) is 19.2 Å². The van der Waals surface area contributed by atoms with E-state index in [1.54, 1.807) is 13.8 Å². The van der Waals surface area contributed by atoms with Gasteiger partial charge in [-0.3, -0.25) is 4.79 Å².